The zero-order valence-electron chi connectivity index (χ0n) is 9.68. The first-order valence-corrected chi connectivity index (χ1v) is 5.72. The Morgan fingerprint density at radius 3 is 2.29 bits per heavy atom. The van der Waals surface area contributed by atoms with Gasteiger partial charge >= 0.3 is 0 Å². The highest BCUT2D eigenvalue weighted by atomic mass is 16.1. The molecular weight excluding hydrogens is 174 g/mol. The standard InChI is InChI=1S/C12H23NO/c1-9(2)7-10(11(13)14)8-12(3)5-4-6-12/h9-10H,4-8H2,1-3H3,(H2,13,14). The van der Waals surface area contributed by atoms with Crippen molar-refractivity contribution in [3.8, 4) is 0 Å². The second kappa shape index (κ2) is 4.33. The maximum absolute atomic E-state index is 11.3. The number of carbonyl (C=O) groups excluding carboxylic acids is 1. The Morgan fingerprint density at radius 2 is 2.00 bits per heavy atom. The Labute approximate surface area is 87.2 Å². The minimum absolute atomic E-state index is 0.0975. The smallest absolute Gasteiger partial charge is 0.220 e. The molecule has 0 heterocycles. The fourth-order valence-electron chi connectivity index (χ4n) is 2.45. The summed E-state index contributed by atoms with van der Waals surface area (Å²) in [6, 6.07) is 0. The van der Waals surface area contributed by atoms with Crippen LogP contribution >= 0.6 is 0 Å². The summed E-state index contributed by atoms with van der Waals surface area (Å²) in [6.45, 7) is 6.59. The zero-order valence-corrected chi connectivity index (χ0v) is 9.68. The van der Waals surface area contributed by atoms with Gasteiger partial charge in [-0.3, -0.25) is 4.79 Å². The number of rotatable bonds is 5. The van der Waals surface area contributed by atoms with Crippen molar-refractivity contribution in [1.29, 1.82) is 0 Å². The fourth-order valence-corrected chi connectivity index (χ4v) is 2.45. The third-order valence-electron chi connectivity index (χ3n) is 3.46. The number of amides is 1. The maximum atomic E-state index is 11.3. The largest absolute Gasteiger partial charge is 0.369 e. The van der Waals surface area contributed by atoms with Crippen LogP contribution < -0.4 is 5.73 Å². The first-order chi connectivity index (χ1) is 6.43. The van der Waals surface area contributed by atoms with Crippen LogP contribution in [0.25, 0.3) is 0 Å². The zero-order chi connectivity index (χ0) is 10.8. The molecule has 2 N–H and O–H groups in total. The molecule has 1 aliphatic rings. The molecule has 1 rings (SSSR count). The lowest BCUT2D eigenvalue weighted by Gasteiger charge is -2.40. The first-order valence-electron chi connectivity index (χ1n) is 5.72. The molecule has 1 saturated carbocycles. The van der Waals surface area contributed by atoms with Crippen molar-refractivity contribution < 1.29 is 4.79 Å². The molecule has 14 heavy (non-hydrogen) atoms. The fraction of sp³-hybridized carbons (Fsp3) is 0.917. The van der Waals surface area contributed by atoms with Crippen LogP contribution in [0.2, 0.25) is 0 Å². The molecule has 0 aromatic rings. The average Bonchev–Trinajstić information content (AvgIpc) is 1.99. The lowest BCUT2D eigenvalue weighted by atomic mass is 9.65. The topological polar surface area (TPSA) is 43.1 Å². The molecular formula is C12H23NO. The predicted molar refractivity (Wildman–Crippen MR) is 58.7 cm³/mol. The summed E-state index contributed by atoms with van der Waals surface area (Å²) >= 11 is 0. The Balaban J connectivity index is 2.46. The number of hydrogen-bond acceptors (Lipinski definition) is 1. The summed E-state index contributed by atoms with van der Waals surface area (Å²) in [5.74, 6) is 0.559. The number of primary amides is 1. The average molecular weight is 197 g/mol. The van der Waals surface area contributed by atoms with Gasteiger partial charge in [-0.05, 0) is 37.0 Å². The summed E-state index contributed by atoms with van der Waals surface area (Å²) in [5.41, 5.74) is 5.84. The van der Waals surface area contributed by atoms with Gasteiger partial charge in [0, 0.05) is 5.92 Å². The second-order valence-electron chi connectivity index (χ2n) is 5.60. The highest BCUT2D eigenvalue weighted by Gasteiger charge is 2.35. The van der Waals surface area contributed by atoms with Crippen molar-refractivity contribution in [2.45, 2.75) is 52.9 Å². The third kappa shape index (κ3) is 3.00. The summed E-state index contributed by atoms with van der Waals surface area (Å²) in [4.78, 5) is 11.3. The van der Waals surface area contributed by atoms with Crippen molar-refractivity contribution in [3.05, 3.63) is 0 Å². The molecule has 1 amide bonds. The van der Waals surface area contributed by atoms with Gasteiger partial charge in [0.25, 0.3) is 0 Å². The minimum atomic E-state index is -0.105. The van der Waals surface area contributed by atoms with Crippen LogP contribution in [0.5, 0.6) is 0 Å². The van der Waals surface area contributed by atoms with E-state index in [0.29, 0.717) is 11.3 Å². The van der Waals surface area contributed by atoms with Gasteiger partial charge in [-0.15, -0.1) is 0 Å². The van der Waals surface area contributed by atoms with E-state index in [1.165, 1.54) is 19.3 Å². The van der Waals surface area contributed by atoms with E-state index in [0.717, 1.165) is 12.8 Å². The van der Waals surface area contributed by atoms with E-state index in [1.54, 1.807) is 0 Å². The van der Waals surface area contributed by atoms with Crippen molar-refractivity contribution in [2.75, 3.05) is 0 Å². The maximum Gasteiger partial charge on any atom is 0.220 e. The van der Waals surface area contributed by atoms with Crippen LogP contribution in [0.4, 0.5) is 0 Å². The normalized spacial score (nSPS) is 21.7. The van der Waals surface area contributed by atoms with Crippen LogP contribution in [-0.2, 0) is 4.79 Å². The van der Waals surface area contributed by atoms with E-state index in [9.17, 15) is 4.79 Å². The minimum Gasteiger partial charge on any atom is -0.369 e. The van der Waals surface area contributed by atoms with Crippen LogP contribution in [0.3, 0.4) is 0 Å². The van der Waals surface area contributed by atoms with Gasteiger partial charge in [0.15, 0.2) is 0 Å². The monoisotopic (exact) mass is 197 g/mol. The van der Waals surface area contributed by atoms with Crippen molar-refractivity contribution in [1.82, 2.24) is 0 Å². The SMILES string of the molecule is CC(C)CC(CC1(C)CCC1)C(N)=O. The molecule has 0 saturated heterocycles. The Kier molecular flexibility index (Phi) is 3.57. The van der Waals surface area contributed by atoms with Crippen LogP contribution in [-0.4, -0.2) is 5.91 Å². The van der Waals surface area contributed by atoms with Crippen molar-refractivity contribution in [3.63, 3.8) is 0 Å². The molecule has 2 nitrogen and oxygen atoms in total. The van der Waals surface area contributed by atoms with Gasteiger partial charge in [-0.2, -0.15) is 0 Å². The van der Waals surface area contributed by atoms with E-state index in [1.807, 2.05) is 0 Å². The lowest BCUT2D eigenvalue weighted by Crippen LogP contribution is -2.34. The molecule has 82 valence electrons. The molecule has 0 aromatic heterocycles. The molecule has 1 fully saturated rings. The third-order valence-corrected chi connectivity index (χ3v) is 3.46. The van der Waals surface area contributed by atoms with Gasteiger partial charge in [0.2, 0.25) is 5.91 Å². The second-order valence-corrected chi connectivity index (χ2v) is 5.60. The Morgan fingerprint density at radius 1 is 1.43 bits per heavy atom. The van der Waals surface area contributed by atoms with Gasteiger partial charge < -0.3 is 5.73 Å². The summed E-state index contributed by atoms with van der Waals surface area (Å²) in [7, 11) is 0. The lowest BCUT2D eigenvalue weighted by molar-refractivity contribution is -0.124. The molecule has 0 aliphatic heterocycles. The highest BCUT2D eigenvalue weighted by Crippen LogP contribution is 2.46. The summed E-state index contributed by atoms with van der Waals surface area (Å²) in [6.07, 6.45) is 5.82. The van der Waals surface area contributed by atoms with E-state index in [4.69, 9.17) is 5.73 Å². The van der Waals surface area contributed by atoms with Gasteiger partial charge in [-0.25, -0.2) is 0 Å². The molecule has 1 unspecified atom stereocenters. The van der Waals surface area contributed by atoms with Crippen LogP contribution in [0.15, 0.2) is 0 Å². The molecule has 0 aromatic carbocycles. The van der Waals surface area contributed by atoms with E-state index >= 15 is 0 Å². The Bertz CT molecular complexity index is 206. The van der Waals surface area contributed by atoms with Crippen molar-refractivity contribution >= 4 is 5.91 Å². The Hall–Kier alpha value is -0.530. The summed E-state index contributed by atoms with van der Waals surface area (Å²) in [5, 5.41) is 0. The van der Waals surface area contributed by atoms with Crippen LogP contribution in [0, 0.1) is 17.3 Å². The first kappa shape index (κ1) is 11.5. The van der Waals surface area contributed by atoms with Gasteiger partial charge in [0.05, 0.1) is 0 Å². The van der Waals surface area contributed by atoms with E-state index in [2.05, 4.69) is 20.8 Å². The molecule has 0 spiro atoms. The number of hydrogen-bond donors (Lipinski definition) is 1. The molecule has 1 atom stereocenters. The van der Waals surface area contributed by atoms with E-state index in [-0.39, 0.29) is 11.8 Å². The number of carbonyl (C=O) groups is 1. The van der Waals surface area contributed by atoms with Crippen molar-refractivity contribution in [2.24, 2.45) is 23.0 Å². The molecule has 0 radical (unpaired) electrons. The van der Waals surface area contributed by atoms with Gasteiger partial charge in [0.1, 0.15) is 0 Å². The predicted octanol–water partition coefficient (Wildman–Crippen LogP) is 2.71. The molecule has 0 bridgehead atoms. The quantitative estimate of drug-likeness (QED) is 0.723. The van der Waals surface area contributed by atoms with Gasteiger partial charge in [-0.1, -0.05) is 27.2 Å². The molecule has 1 aliphatic carbocycles. The number of nitrogens with two attached hydrogens (primary N) is 1. The van der Waals surface area contributed by atoms with Crippen LogP contribution in [0.1, 0.15) is 52.9 Å². The summed E-state index contributed by atoms with van der Waals surface area (Å²) < 4.78 is 0. The molecule has 2 heteroatoms. The highest BCUT2D eigenvalue weighted by molar-refractivity contribution is 5.76. The van der Waals surface area contributed by atoms with E-state index < -0.39 is 0 Å².